The lowest BCUT2D eigenvalue weighted by Gasteiger charge is -2.30. The van der Waals surface area contributed by atoms with Crippen molar-refractivity contribution in [2.75, 3.05) is 6.61 Å². The van der Waals surface area contributed by atoms with Crippen LogP contribution in [-0.4, -0.2) is 12.6 Å². The molecule has 2 heteroatoms. The Kier molecular flexibility index (Phi) is 4.56. The molecular weight excluding hydrogens is 258 g/mol. The smallest absolute Gasteiger partial charge is 0.124 e. The molecule has 2 aromatic carbocycles. The first-order valence-corrected chi connectivity index (χ1v) is 7.88. The Morgan fingerprint density at radius 2 is 1.86 bits per heavy atom. The van der Waals surface area contributed by atoms with Crippen molar-refractivity contribution in [3.8, 4) is 5.75 Å². The molecule has 0 bridgehead atoms. The van der Waals surface area contributed by atoms with Gasteiger partial charge in [-0.15, -0.1) is 0 Å². The van der Waals surface area contributed by atoms with E-state index in [2.05, 4.69) is 60.8 Å². The maximum Gasteiger partial charge on any atom is 0.124 e. The normalized spacial score (nSPS) is 18.6. The minimum absolute atomic E-state index is 0.406. The predicted octanol–water partition coefficient (Wildman–Crippen LogP) is 4.12. The van der Waals surface area contributed by atoms with Crippen LogP contribution in [0.3, 0.4) is 0 Å². The summed E-state index contributed by atoms with van der Waals surface area (Å²) in [6.45, 7) is 3.06. The van der Waals surface area contributed by atoms with Crippen molar-refractivity contribution in [2.24, 2.45) is 0 Å². The van der Waals surface area contributed by atoms with Crippen LogP contribution in [0.25, 0.3) is 0 Å². The van der Waals surface area contributed by atoms with E-state index in [-0.39, 0.29) is 0 Å². The molecule has 1 aliphatic rings. The van der Waals surface area contributed by atoms with E-state index in [1.165, 1.54) is 11.1 Å². The van der Waals surface area contributed by atoms with Gasteiger partial charge in [-0.25, -0.2) is 0 Å². The first-order valence-electron chi connectivity index (χ1n) is 7.88. The van der Waals surface area contributed by atoms with Crippen molar-refractivity contribution < 1.29 is 4.74 Å². The van der Waals surface area contributed by atoms with Gasteiger partial charge >= 0.3 is 0 Å². The number of fused-ring (bicyclic) bond motifs is 1. The summed E-state index contributed by atoms with van der Waals surface area (Å²) < 4.78 is 5.75. The molecular formula is C19H23NO. The molecule has 0 amide bonds. The molecule has 1 heterocycles. The molecule has 2 nitrogen and oxygen atoms in total. The molecule has 0 spiro atoms. The average Bonchev–Trinajstić information content (AvgIpc) is 2.55. The van der Waals surface area contributed by atoms with Crippen LogP contribution in [0, 0.1) is 0 Å². The summed E-state index contributed by atoms with van der Waals surface area (Å²) in [6, 6.07) is 20.0. The summed E-state index contributed by atoms with van der Waals surface area (Å²) in [6.07, 6.45) is 3.26. The van der Waals surface area contributed by atoms with Gasteiger partial charge in [-0.05, 0) is 24.5 Å². The Hall–Kier alpha value is -1.80. The molecule has 0 aromatic heterocycles. The number of nitrogens with one attached hydrogen (secondary N) is 1. The van der Waals surface area contributed by atoms with Crippen LogP contribution in [-0.2, 0) is 6.42 Å². The highest BCUT2D eigenvalue weighted by molar-refractivity contribution is 5.37. The third-order valence-corrected chi connectivity index (χ3v) is 4.21. The predicted molar refractivity (Wildman–Crippen MR) is 86.7 cm³/mol. The Balaban J connectivity index is 1.70. The summed E-state index contributed by atoms with van der Waals surface area (Å²) in [5, 5.41) is 3.83. The van der Waals surface area contributed by atoms with Gasteiger partial charge in [0.2, 0.25) is 0 Å². The minimum atomic E-state index is 0.406. The monoisotopic (exact) mass is 281 g/mol. The van der Waals surface area contributed by atoms with Gasteiger partial charge < -0.3 is 10.1 Å². The number of para-hydroxylation sites is 1. The topological polar surface area (TPSA) is 21.3 Å². The zero-order valence-electron chi connectivity index (χ0n) is 12.6. The van der Waals surface area contributed by atoms with Gasteiger partial charge in [-0.1, -0.05) is 55.5 Å². The van der Waals surface area contributed by atoms with Crippen molar-refractivity contribution >= 4 is 0 Å². The molecule has 21 heavy (non-hydrogen) atoms. The Morgan fingerprint density at radius 1 is 1.10 bits per heavy atom. The van der Waals surface area contributed by atoms with Crippen molar-refractivity contribution in [1.82, 2.24) is 5.32 Å². The van der Waals surface area contributed by atoms with E-state index in [0.717, 1.165) is 31.6 Å². The number of benzene rings is 2. The molecule has 1 N–H and O–H groups in total. The van der Waals surface area contributed by atoms with Crippen molar-refractivity contribution in [1.29, 1.82) is 0 Å². The third-order valence-electron chi connectivity index (χ3n) is 4.21. The largest absolute Gasteiger partial charge is 0.493 e. The second-order valence-electron chi connectivity index (χ2n) is 5.69. The van der Waals surface area contributed by atoms with Crippen LogP contribution < -0.4 is 10.1 Å². The number of rotatable bonds is 5. The van der Waals surface area contributed by atoms with E-state index >= 15 is 0 Å². The van der Waals surface area contributed by atoms with Crippen LogP contribution in [0.4, 0.5) is 0 Å². The standard InChI is InChI=1S/C19H23NO/c1-2-16(14-15-8-4-3-5-9-15)20-18-12-13-21-19-11-7-6-10-17(18)19/h3-11,16,18,20H,2,12-14H2,1H3. The van der Waals surface area contributed by atoms with Crippen LogP contribution in [0.5, 0.6) is 5.75 Å². The van der Waals surface area contributed by atoms with Crippen LogP contribution in [0.2, 0.25) is 0 Å². The fraction of sp³-hybridized carbons (Fsp3) is 0.368. The molecule has 2 atom stereocenters. The zero-order chi connectivity index (χ0) is 14.5. The van der Waals surface area contributed by atoms with E-state index in [1.54, 1.807) is 0 Å². The van der Waals surface area contributed by atoms with Crippen LogP contribution in [0.15, 0.2) is 54.6 Å². The van der Waals surface area contributed by atoms with Gasteiger partial charge in [0.1, 0.15) is 5.75 Å². The van der Waals surface area contributed by atoms with Crippen LogP contribution in [0.1, 0.15) is 36.9 Å². The summed E-state index contributed by atoms with van der Waals surface area (Å²) in [7, 11) is 0. The van der Waals surface area contributed by atoms with Gasteiger partial charge in [-0.2, -0.15) is 0 Å². The Morgan fingerprint density at radius 3 is 2.67 bits per heavy atom. The SMILES string of the molecule is CCC(Cc1ccccc1)NC1CCOc2ccccc21. The maximum atomic E-state index is 5.75. The average molecular weight is 281 g/mol. The zero-order valence-corrected chi connectivity index (χ0v) is 12.6. The van der Waals surface area contributed by atoms with Gasteiger partial charge in [0, 0.05) is 24.1 Å². The molecule has 0 fully saturated rings. The van der Waals surface area contributed by atoms with Crippen LogP contribution >= 0.6 is 0 Å². The van der Waals surface area contributed by atoms with Gasteiger partial charge in [0.05, 0.1) is 6.61 Å². The van der Waals surface area contributed by atoms with E-state index in [4.69, 9.17) is 4.74 Å². The number of ether oxygens (including phenoxy) is 1. The van der Waals surface area contributed by atoms with Crippen molar-refractivity contribution in [3.63, 3.8) is 0 Å². The molecule has 0 saturated heterocycles. The first-order chi connectivity index (χ1) is 10.4. The second kappa shape index (κ2) is 6.77. The second-order valence-corrected chi connectivity index (χ2v) is 5.69. The summed E-state index contributed by atoms with van der Waals surface area (Å²) in [4.78, 5) is 0. The van der Waals surface area contributed by atoms with E-state index < -0.39 is 0 Å². The molecule has 3 rings (SSSR count). The number of hydrogen-bond donors (Lipinski definition) is 1. The molecule has 0 saturated carbocycles. The van der Waals surface area contributed by atoms with Gasteiger partial charge in [0.15, 0.2) is 0 Å². The molecule has 0 radical (unpaired) electrons. The van der Waals surface area contributed by atoms with E-state index in [1.807, 2.05) is 6.07 Å². The van der Waals surface area contributed by atoms with Crippen molar-refractivity contribution in [2.45, 2.75) is 38.3 Å². The highest BCUT2D eigenvalue weighted by Crippen LogP contribution is 2.32. The minimum Gasteiger partial charge on any atom is -0.493 e. The Bertz CT molecular complexity index is 567. The summed E-state index contributed by atoms with van der Waals surface area (Å²) >= 11 is 0. The highest BCUT2D eigenvalue weighted by Gasteiger charge is 2.23. The van der Waals surface area contributed by atoms with Gasteiger partial charge in [0.25, 0.3) is 0 Å². The van der Waals surface area contributed by atoms with Crippen molar-refractivity contribution in [3.05, 3.63) is 65.7 Å². The molecule has 2 unspecified atom stereocenters. The first kappa shape index (κ1) is 14.2. The van der Waals surface area contributed by atoms with E-state index in [9.17, 15) is 0 Å². The Labute approximate surface area is 127 Å². The quantitative estimate of drug-likeness (QED) is 0.890. The van der Waals surface area contributed by atoms with Gasteiger partial charge in [-0.3, -0.25) is 0 Å². The maximum absolute atomic E-state index is 5.75. The molecule has 0 aliphatic carbocycles. The highest BCUT2D eigenvalue weighted by atomic mass is 16.5. The lowest BCUT2D eigenvalue weighted by Crippen LogP contribution is -2.36. The molecule has 110 valence electrons. The fourth-order valence-electron chi connectivity index (χ4n) is 3.02. The number of hydrogen-bond acceptors (Lipinski definition) is 2. The third kappa shape index (κ3) is 3.45. The molecule has 2 aromatic rings. The van der Waals surface area contributed by atoms with E-state index in [0.29, 0.717) is 12.1 Å². The lowest BCUT2D eigenvalue weighted by atomic mass is 9.97. The fourth-order valence-corrected chi connectivity index (χ4v) is 3.02. The lowest BCUT2D eigenvalue weighted by molar-refractivity contribution is 0.242. The summed E-state index contributed by atoms with van der Waals surface area (Å²) in [5.41, 5.74) is 2.70. The molecule has 1 aliphatic heterocycles. The summed E-state index contributed by atoms with van der Waals surface area (Å²) in [5.74, 6) is 1.04.